The molecule has 3 aromatic rings. The summed E-state index contributed by atoms with van der Waals surface area (Å²) in [5.41, 5.74) is 2.11. The third kappa shape index (κ3) is 5.85. The number of rotatable bonds is 8. The second-order valence-electron chi connectivity index (χ2n) is 6.78. The first-order chi connectivity index (χ1) is 14.5. The summed E-state index contributed by atoms with van der Waals surface area (Å²) < 4.78 is 10.8. The van der Waals surface area contributed by atoms with Gasteiger partial charge in [-0.2, -0.15) is 0 Å². The molecule has 0 aliphatic rings. The number of carbonyl (C=O) groups excluding carboxylic acids is 2. The van der Waals surface area contributed by atoms with Gasteiger partial charge in [-0.3, -0.25) is 4.79 Å². The van der Waals surface area contributed by atoms with Gasteiger partial charge in [0.25, 0.3) is 0 Å². The van der Waals surface area contributed by atoms with Gasteiger partial charge in [-0.25, -0.2) is 4.79 Å². The number of likely N-dealkylation sites (N-methyl/N-ethyl adjacent to an activating group) is 1. The average Bonchev–Trinajstić information content (AvgIpc) is 2.77. The highest BCUT2D eigenvalue weighted by molar-refractivity contribution is 5.99. The van der Waals surface area contributed by atoms with Crippen LogP contribution in [0.1, 0.15) is 21.5 Å². The van der Waals surface area contributed by atoms with Crippen LogP contribution in [0.15, 0.2) is 78.9 Å². The van der Waals surface area contributed by atoms with Crippen LogP contribution in [0.25, 0.3) is 0 Å². The summed E-state index contributed by atoms with van der Waals surface area (Å²) >= 11 is 0. The predicted molar refractivity (Wildman–Crippen MR) is 112 cm³/mol. The van der Waals surface area contributed by atoms with Gasteiger partial charge in [0.05, 0.1) is 6.54 Å². The average molecular weight is 405 g/mol. The van der Waals surface area contributed by atoms with E-state index in [1.807, 2.05) is 60.7 Å². The first-order valence-electron chi connectivity index (χ1n) is 9.47. The van der Waals surface area contributed by atoms with Gasteiger partial charge in [-0.1, -0.05) is 60.7 Å². The highest BCUT2D eigenvalue weighted by Gasteiger charge is 2.17. The van der Waals surface area contributed by atoms with Crippen molar-refractivity contribution in [1.82, 2.24) is 4.90 Å². The van der Waals surface area contributed by atoms with Gasteiger partial charge < -0.3 is 19.5 Å². The third-order valence-electron chi connectivity index (χ3n) is 4.42. The molecule has 154 valence electrons. The van der Waals surface area contributed by atoms with Gasteiger partial charge in [0.15, 0.2) is 17.3 Å². The minimum absolute atomic E-state index is 0.131. The van der Waals surface area contributed by atoms with E-state index in [2.05, 4.69) is 0 Å². The van der Waals surface area contributed by atoms with E-state index in [0.717, 1.165) is 11.1 Å². The molecule has 1 N–H and O–H groups in total. The number of hydrogen-bond donors (Lipinski definition) is 1. The zero-order chi connectivity index (χ0) is 21.3. The molecule has 6 heteroatoms. The highest BCUT2D eigenvalue weighted by atomic mass is 16.6. The fourth-order valence-corrected chi connectivity index (χ4v) is 2.75. The van der Waals surface area contributed by atoms with E-state index in [-0.39, 0.29) is 36.0 Å². The molecule has 0 heterocycles. The highest BCUT2D eigenvalue weighted by Crippen LogP contribution is 2.28. The lowest BCUT2D eigenvalue weighted by atomic mass is 10.1. The number of phenols is 1. The number of amides is 1. The van der Waals surface area contributed by atoms with Gasteiger partial charge in [0.2, 0.25) is 0 Å². The van der Waals surface area contributed by atoms with Crippen molar-refractivity contribution in [2.75, 3.05) is 13.6 Å². The van der Waals surface area contributed by atoms with Crippen LogP contribution in [0.3, 0.4) is 0 Å². The third-order valence-corrected chi connectivity index (χ3v) is 4.42. The molecule has 3 rings (SSSR count). The van der Waals surface area contributed by atoms with E-state index < -0.39 is 6.09 Å². The molecule has 0 saturated carbocycles. The first kappa shape index (κ1) is 20.9. The van der Waals surface area contributed by atoms with Crippen molar-refractivity contribution in [2.45, 2.75) is 13.2 Å². The van der Waals surface area contributed by atoms with Crippen LogP contribution >= 0.6 is 0 Å². The van der Waals surface area contributed by atoms with Crippen molar-refractivity contribution >= 4 is 11.9 Å². The Morgan fingerprint density at radius 1 is 0.867 bits per heavy atom. The monoisotopic (exact) mass is 405 g/mol. The van der Waals surface area contributed by atoms with E-state index >= 15 is 0 Å². The van der Waals surface area contributed by atoms with Gasteiger partial charge >= 0.3 is 6.09 Å². The molecular formula is C24H23NO5. The number of ketones is 1. The van der Waals surface area contributed by atoms with Gasteiger partial charge in [-0.15, -0.1) is 0 Å². The molecule has 0 aliphatic heterocycles. The van der Waals surface area contributed by atoms with Gasteiger partial charge in [0, 0.05) is 12.6 Å². The van der Waals surface area contributed by atoms with Gasteiger partial charge in [0.1, 0.15) is 13.2 Å². The molecule has 0 spiro atoms. The Kier molecular flexibility index (Phi) is 7.05. The van der Waals surface area contributed by atoms with Crippen molar-refractivity contribution in [3.63, 3.8) is 0 Å². The Labute approximate surface area is 175 Å². The summed E-state index contributed by atoms with van der Waals surface area (Å²) in [5, 5.41) is 10.2. The van der Waals surface area contributed by atoms with E-state index in [4.69, 9.17) is 9.47 Å². The molecule has 0 aromatic heterocycles. The lowest BCUT2D eigenvalue weighted by molar-refractivity contribution is 0.0850. The summed E-state index contributed by atoms with van der Waals surface area (Å²) in [4.78, 5) is 25.8. The summed E-state index contributed by atoms with van der Waals surface area (Å²) in [6.07, 6.45) is -0.598. The zero-order valence-corrected chi connectivity index (χ0v) is 16.7. The number of Topliss-reactive ketones (excluding diaryl/α,β-unsaturated/α-hetero) is 1. The molecule has 6 nitrogen and oxygen atoms in total. The molecule has 1 amide bonds. The standard InChI is InChI=1S/C24H23NO5/c1-25(24(28)30-17-19-10-6-3-7-11-19)15-22(27)20-12-13-23(21(26)14-20)29-16-18-8-4-2-5-9-18/h2-14,26H,15-17H2,1H3. The molecule has 0 atom stereocenters. The Bertz CT molecular complexity index is 989. The van der Waals surface area contributed by atoms with E-state index in [0.29, 0.717) is 6.61 Å². The Hall–Kier alpha value is -3.80. The Morgan fingerprint density at radius 2 is 1.47 bits per heavy atom. The molecule has 3 aromatic carbocycles. The second kappa shape index (κ2) is 10.1. The fourth-order valence-electron chi connectivity index (χ4n) is 2.75. The van der Waals surface area contributed by atoms with Crippen molar-refractivity contribution in [1.29, 1.82) is 0 Å². The summed E-state index contributed by atoms with van der Waals surface area (Å²) in [5.74, 6) is -0.170. The van der Waals surface area contributed by atoms with Crippen molar-refractivity contribution < 1.29 is 24.2 Å². The van der Waals surface area contributed by atoms with Crippen LogP contribution in [-0.4, -0.2) is 35.5 Å². The molecule has 0 fully saturated rings. The maximum absolute atomic E-state index is 12.5. The van der Waals surface area contributed by atoms with E-state index in [1.165, 1.54) is 18.0 Å². The van der Waals surface area contributed by atoms with E-state index in [9.17, 15) is 14.7 Å². The second-order valence-corrected chi connectivity index (χ2v) is 6.78. The topological polar surface area (TPSA) is 76.1 Å². The molecular weight excluding hydrogens is 382 g/mol. The minimum Gasteiger partial charge on any atom is -0.504 e. The van der Waals surface area contributed by atoms with Crippen LogP contribution in [0.2, 0.25) is 0 Å². The maximum atomic E-state index is 12.5. The van der Waals surface area contributed by atoms with Crippen LogP contribution in [0.5, 0.6) is 11.5 Å². The van der Waals surface area contributed by atoms with Crippen LogP contribution in [0.4, 0.5) is 4.79 Å². The fraction of sp³-hybridized carbons (Fsp3) is 0.167. The number of carbonyl (C=O) groups is 2. The summed E-state index contributed by atoms with van der Waals surface area (Å²) in [7, 11) is 1.49. The minimum atomic E-state index is -0.598. The van der Waals surface area contributed by atoms with Crippen LogP contribution in [0, 0.1) is 0 Å². The molecule has 0 radical (unpaired) electrons. The summed E-state index contributed by atoms with van der Waals surface area (Å²) in [6, 6.07) is 23.3. The normalized spacial score (nSPS) is 10.3. The van der Waals surface area contributed by atoms with Crippen molar-refractivity contribution in [3.05, 3.63) is 95.6 Å². The number of ether oxygens (including phenoxy) is 2. The van der Waals surface area contributed by atoms with Crippen LogP contribution in [-0.2, 0) is 18.0 Å². The molecule has 30 heavy (non-hydrogen) atoms. The number of benzene rings is 3. The van der Waals surface area contributed by atoms with Crippen molar-refractivity contribution in [3.8, 4) is 11.5 Å². The number of phenolic OH excluding ortho intramolecular Hbond substituents is 1. The van der Waals surface area contributed by atoms with Crippen molar-refractivity contribution in [2.24, 2.45) is 0 Å². The molecule has 0 saturated heterocycles. The SMILES string of the molecule is CN(CC(=O)c1ccc(OCc2ccccc2)c(O)c1)C(=O)OCc1ccccc1. The summed E-state index contributed by atoms with van der Waals surface area (Å²) in [6.45, 7) is 0.265. The Balaban J connectivity index is 1.53. The first-order valence-corrected chi connectivity index (χ1v) is 9.47. The maximum Gasteiger partial charge on any atom is 0.410 e. The van der Waals surface area contributed by atoms with Gasteiger partial charge in [-0.05, 0) is 29.3 Å². The zero-order valence-electron chi connectivity index (χ0n) is 16.7. The molecule has 0 bridgehead atoms. The smallest absolute Gasteiger partial charge is 0.410 e. The lowest BCUT2D eigenvalue weighted by Crippen LogP contribution is -2.32. The molecule has 0 aliphatic carbocycles. The Morgan fingerprint density at radius 3 is 2.07 bits per heavy atom. The molecule has 0 unspecified atom stereocenters. The lowest BCUT2D eigenvalue weighted by Gasteiger charge is -2.16. The number of hydrogen-bond acceptors (Lipinski definition) is 5. The van der Waals surface area contributed by atoms with E-state index in [1.54, 1.807) is 12.1 Å². The predicted octanol–water partition coefficient (Wildman–Crippen LogP) is 4.42. The quantitative estimate of drug-likeness (QED) is 0.562. The number of aromatic hydroxyl groups is 1. The largest absolute Gasteiger partial charge is 0.504 e. The van der Waals surface area contributed by atoms with Crippen LogP contribution < -0.4 is 4.74 Å². The number of nitrogens with zero attached hydrogens (tertiary/aromatic N) is 1.